The third kappa shape index (κ3) is 7.32. The van der Waals surface area contributed by atoms with E-state index in [9.17, 15) is 5.26 Å². The van der Waals surface area contributed by atoms with Gasteiger partial charge >= 0.3 is 0 Å². The average molecular weight is 817 g/mol. The van der Waals surface area contributed by atoms with Crippen LogP contribution in [0.1, 0.15) is 28.4 Å². The zero-order valence-electron chi connectivity index (χ0n) is 34.9. The first kappa shape index (κ1) is 38.3. The van der Waals surface area contributed by atoms with Crippen molar-refractivity contribution in [2.75, 3.05) is 0 Å². The monoisotopic (exact) mass is 816 g/mol. The molecule has 10 aromatic carbocycles. The van der Waals surface area contributed by atoms with Crippen LogP contribution in [-0.4, -0.2) is 11.7 Å². The van der Waals surface area contributed by atoms with E-state index in [0.29, 0.717) is 11.4 Å². The van der Waals surface area contributed by atoms with Crippen molar-refractivity contribution in [3.8, 4) is 61.7 Å². The van der Waals surface area contributed by atoms with Gasteiger partial charge in [0.2, 0.25) is 0 Å². The first-order valence-corrected chi connectivity index (χ1v) is 21.6. The highest BCUT2D eigenvalue weighted by Crippen LogP contribution is 2.38. The van der Waals surface area contributed by atoms with Crippen LogP contribution < -0.4 is 5.32 Å². The fourth-order valence-electron chi connectivity index (χ4n) is 9.05. The normalized spacial score (nSPS) is 13.5. The predicted molar refractivity (Wildman–Crippen MR) is 265 cm³/mol. The molecule has 1 unspecified atom stereocenters. The summed E-state index contributed by atoms with van der Waals surface area (Å²) in [5.41, 5.74) is 14.4. The molecule has 1 N–H and O–H groups in total. The summed E-state index contributed by atoms with van der Waals surface area (Å²) in [6.07, 6.45) is -0.402. The highest BCUT2D eigenvalue weighted by molar-refractivity contribution is 6.16. The van der Waals surface area contributed by atoms with Gasteiger partial charge < -0.3 is 5.32 Å². The first-order valence-electron chi connectivity index (χ1n) is 21.6. The van der Waals surface area contributed by atoms with Crippen LogP contribution in [0, 0.1) is 11.3 Å². The van der Waals surface area contributed by atoms with Crippen LogP contribution in [0.25, 0.3) is 77.2 Å². The minimum Gasteiger partial charge on any atom is -0.344 e. The van der Waals surface area contributed by atoms with Gasteiger partial charge in [-0.1, -0.05) is 200 Å². The van der Waals surface area contributed by atoms with Crippen molar-refractivity contribution in [1.29, 1.82) is 5.26 Å². The summed E-state index contributed by atoms with van der Waals surface area (Å²) >= 11 is 0. The number of hydrogen-bond acceptors (Lipinski definition) is 4. The van der Waals surface area contributed by atoms with E-state index < -0.39 is 6.17 Å². The van der Waals surface area contributed by atoms with E-state index in [1.165, 1.54) is 27.1 Å². The van der Waals surface area contributed by atoms with Gasteiger partial charge in [0.15, 0.2) is 5.84 Å². The Morgan fingerprint density at radius 2 is 0.922 bits per heavy atom. The molecule has 0 radical (unpaired) electrons. The number of benzene rings is 10. The zero-order chi connectivity index (χ0) is 42.8. The number of nitrogens with one attached hydrogen (secondary N) is 1. The highest BCUT2D eigenvalue weighted by atomic mass is 15.2. The Bertz CT molecular complexity index is 3470. The smallest absolute Gasteiger partial charge is 0.159 e. The van der Waals surface area contributed by atoms with Gasteiger partial charge in [-0.3, -0.25) is 0 Å². The molecule has 1 atom stereocenters. The van der Waals surface area contributed by atoms with Crippen molar-refractivity contribution in [2.45, 2.75) is 6.17 Å². The van der Waals surface area contributed by atoms with Crippen molar-refractivity contribution in [3.63, 3.8) is 0 Å². The number of fused-ring (bicyclic) bond motifs is 3. The summed E-state index contributed by atoms with van der Waals surface area (Å²) < 4.78 is 0. The predicted octanol–water partition coefficient (Wildman–Crippen LogP) is 14.7. The molecule has 0 fully saturated rings. The standard InChI is InChI=1S/C60H40N4/c61-39-40-34-48(37-49(35-40)45-21-15-22-46(36-45)57-38-47-20-7-8-25-52(47)53-26-11-12-27-54(53)57)41-30-32-43(33-31-41)51-24-10-14-29-56(51)60-63-58(44-18-5-2-6-19-44)62-59(64-60)55-28-13-9-23-50(55)42-16-3-1-4-17-42/h1-38,60H,(H,62,63,64). The van der Waals surface area contributed by atoms with Gasteiger partial charge in [0.05, 0.1) is 11.6 Å². The molecule has 0 bridgehead atoms. The number of hydrogen-bond donors (Lipinski definition) is 1. The number of rotatable bonds is 8. The Kier molecular flexibility index (Phi) is 9.97. The summed E-state index contributed by atoms with van der Waals surface area (Å²) in [7, 11) is 0. The van der Waals surface area contributed by atoms with Gasteiger partial charge in [0, 0.05) is 16.7 Å². The maximum atomic E-state index is 10.3. The summed E-state index contributed by atoms with van der Waals surface area (Å²) in [6.45, 7) is 0. The lowest BCUT2D eigenvalue weighted by Crippen LogP contribution is -2.34. The number of aliphatic imine (C=N–C) groups is 2. The molecule has 4 nitrogen and oxygen atoms in total. The topological polar surface area (TPSA) is 60.5 Å². The fraction of sp³-hybridized carbons (Fsp3) is 0.0167. The van der Waals surface area contributed by atoms with Gasteiger partial charge in [0.1, 0.15) is 12.0 Å². The lowest BCUT2D eigenvalue weighted by molar-refractivity contribution is 0.676. The van der Waals surface area contributed by atoms with Crippen LogP contribution in [0.3, 0.4) is 0 Å². The van der Waals surface area contributed by atoms with Crippen LogP contribution >= 0.6 is 0 Å². The van der Waals surface area contributed by atoms with Crippen LogP contribution in [-0.2, 0) is 0 Å². The second-order valence-electron chi connectivity index (χ2n) is 16.1. The second-order valence-corrected chi connectivity index (χ2v) is 16.1. The molecule has 11 rings (SSSR count). The molecular weight excluding hydrogens is 777 g/mol. The molecule has 0 saturated carbocycles. The number of amidine groups is 2. The van der Waals surface area contributed by atoms with Gasteiger partial charge in [-0.15, -0.1) is 0 Å². The van der Waals surface area contributed by atoms with Crippen molar-refractivity contribution in [3.05, 3.63) is 253 Å². The van der Waals surface area contributed by atoms with E-state index in [0.717, 1.165) is 72.6 Å². The first-order chi connectivity index (χ1) is 31.7. The molecule has 0 aliphatic carbocycles. The third-order valence-electron chi connectivity index (χ3n) is 12.2. The Labute approximate surface area is 372 Å². The maximum Gasteiger partial charge on any atom is 0.159 e. The van der Waals surface area contributed by atoms with E-state index in [-0.39, 0.29) is 0 Å². The van der Waals surface area contributed by atoms with Crippen LogP contribution in [0.2, 0.25) is 0 Å². The van der Waals surface area contributed by atoms with Crippen molar-refractivity contribution in [2.24, 2.45) is 9.98 Å². The Morgan fingerprint density at radius 1 is 0.375 bits per heavy atom. The van der Waals surface area contributed by atoms with Gasteiger partial charge in [-0.05, 0) is 108 Å². The molecule has 0 amide bonds. The Morgan fingerprint density at radius 3 is 1.69 bits per heavy atom. The minimum absolute atomic E-state index is 0.402. The van der Waals surface area contributed by atoms with Gasteiger partial charge in [-0.25, -0.2) is 9.98 Å². The SMILES string of the molecule is N#Cc1cc(-c2ccc(-c3ccccc3C3N=C(c4ccccc4)N=C(c4ccccc4-c4ccccc4)N3)cc2)cc(-c2cccc(-c3cc4ccccc4c4ccccc34)c2)c1. The van der Waals surface area contributed by atoms with Crippen molar-refractivity contribution in [1.82, 2.24) is 5.32 Å². The lowest BCUT2D eigenvalue weighted by atomic mass is 9.90. The molecule has 64 heavy (non-hydrogen) atoms. The molecule has 4 heteroatoms. The van der Waals surface area contributed by atoms with Gasteiger partial charge in [0.25, 0.3) is 0 Å². The molecule has 300 valence electrons. The lowest BCUT2D eigenvalue weighted by Gasteiger charge is -2.26. The summed E-state index contributed by atoms with van der Waals surface area (Å²) in [5, 5.41) is 18.9. The van der Waals surface area contributed by atoms with Gasteiger partial charge in [-0.2, -0.15) is 5.26 Å². The van der Waals surface area contributed by atoms with Crippen LogP contribution in [0.4, 0.5) is 0 Å². The van der Waals surface area contributed by atoms with E-state index in [4.69, 9.17) is 9.98 Å². The van der Waals surface area contributed by atoms with Crippen LogP contribution in [0.15, 0.2) is 241 Å². The second kappa shape index (κ2) is 16.7. The molecule has 1 aliphatic rings. The number of nitrogens with zero attached hydrogens (tertiary/aromatic N) is 3. The summed E-state index contributed by atoms with van der Waals surface area (Å²) in [5.74, 6) is 1.45. The molecule has 10 aromatic rings. The zero-order valence-corrected chi connectivity index (χ0v) is 34.9. The minimum atomic E-state index is -0.402. The fourth-order valence-corrected chi connectivity index (χ4v) is 9.05. The molecule has 1 heterocycles. The number of nitriles is 1. The molecule has 1 aliphatic heterocycles. The quantitative estimate of drug-likeness (QED) is 0.155. The largest absolute Gasteiger partial charge is 0.344 e. The van der Waals surface area contributed by atoms with Crippen molar-refractivity contribution < 1.29 is 0 Å². The van der Waals surface area contributed by atoms with Crippen LogP contribution in [0.5, 0.6) is 0 Å². The van der Waals surface area contributed by atoms with E-state index in [1.807, 2.05) is 36.4 Å². The molecule has 0 saturated heterocycles. The Hall–Kier alpha value is -8.65. The Balaban J connectivity index is 0.938. The summed E-state index contributed by atoms with van der Waals surface area (Å²) in [4.78, 5) is 10.4. The van der Waals surface area contributed by atoms with E-state index >= 15 is 0 Å². The summed E-state index contributed by atoms with van der Waals surface area (Å²) in [6, 6.07) is 82.9. The maximum absolute atomic E-state index is 10.3. The molecule has 0 aromatic heterocycles. The average Bonchev–Trinajstić information content (AvgIpc) is 3.38. The molecule has 0 spiro atoms. The van der Waals surface area contributed by atoms with Crippen molar-refractivity contribution >= 4 is 33.2 Å². The van der Waals surface area contributed by atoms with E-state index in [2.05, 4.69) is 206 Å². The molecular formula is C60H40N4. The third-order valence-corrected chi connectivity index (χ3v) is 12.2. The van der Waals surface area contributed by atoms with E-state index in [1.54, 1.807) is 0 Å². The highest BCUT2D eigenvalue weighted by Gasteiger charge is 2.25.